The second kappa shape index (κ2) is 17.7. The number of hydrogen-bond donors (Lipinski definition) is 3. The summed E-state index contributed by atoms with van der Waals surface area (Å²) in [6, 6.07) is 33.7. The summed E-state index contributed by atoms with van der Waals surface area (Å²) < 4.78 is 16.1. The Labute approximate surface area is 314 Å². The number of primary amides is 1. The molecule has 0 heterocycles. The second-order valence-electron chi connectivity index (χ2n) is 15.1. The van der Waals surface area contributed by atoms with Crippen molar-refractivity contribution in [3.63, 3.8) is 0 Å². The van der Waals surface area contributed by atoms with Gasteiger partial charge in [0, 0.05) is 11.6 Å². The first kappa shape index (κ1) is 41.7. The molecule has 0 aliphatic heterocycles. The lowest BCUT2D eigenvalue weighted by Gasteiger charge is -2.33. The van der Waals surface area contributed by atoms with E-state index in [4.69, 9.17) is 9.90 Å². The lowest BCUT2D eigenvalue weighted by atomic mass is 9.78. The molecule has 7 heteroatoms. The zero-order valence-electron chi connectivity index (χ0n) is 32.4. The molecule has 53 heavy (non-hydrogen) atoms. The first-order valence-electron chi connectivity index (χ1n) is 17.6. The van der Waals surface area contributed by atoms with Crippen LogP contribution in [-0.4, -0.2) is 27.3 Å². The quantitative estimate of drug-likeness (QED) is 0.118. The van der Waals surface area contributed by atoms with Gasteiger partial charge in [0.25, 0.3) is 0 Å². The minimum atomic E-state index is -1.33. The summed E-state index contributed by atoms with van der Waals surface area (Å²) in [6.07, 6.45) is 0.357. The van der Waals surface area contributed by atoms with E-state index in [1.165, 1.54) is 11.0 Å². The number of nitrogens with zero attached hydrogens (tertiary/aromatic N) is 1. The third kappa shape index (κ3) is 10.9. The molecule has 4 rings (SSSR count). The zero-order chi connectivity index (χ0) is 39.7. The highest BCUT2D eigenvalue weighted by molar-refractivity contribution is 5.98. The van der Waals surface area contributed by atoms with Gasteiger partial charge in [0.2, 0.25) is 0 Å². The van der Waals surface area contributed by atoms with Gasteiger partial charge in [0.1, 0.15) is 5.83 Å². The summed E-state index contributed by atoms with van der Waals surface area (Å²) in [5.74, 6) is -0.824. The molecular formula is C46H53FN2O4. The van der Waals surface area contributed by atoms with Crippen molar-refractivity contribution in [3.8, 4) is 11.1 Å². The molecule has 278 valence electrons. The van der Waals surface area contributed by atoms with Crippen LogP contribution >= 0.6 is 0 Å². The molecule has 0 radical (unpaired) electrons. The molecule has 4 aromatic rings. The van der Waals surface area contributed by atoms with Gasteiger partial charge in [-0.05, 0) is 86.9 Å². The molecule has 1 atom stereocenters. The van der Waals surface area contributed by atoms with Crippen LogP contribution in [0.25, 0.3) is 28.0 Å². The Balaban J connectivity index is 0.00000180. The van der Waals surface area contributed by atoms with Gasteiger partial charge in [-0.25, -0.2) is 18.9 Å². The van der Waals surface area contributed by atoms with E-state index in [9.17, 15) is 9.90 Å². The Morgan fingerprint density at radius 2 is 1.26 bits per heavy atom. The fourth-order valence-corrected chi connectivity index (χ4v) is 6.31. The molecule has 0 aliphatic rings. The third-order valence-electron chi connectivity index (χ3n) is 8.87. The maximum Gasteiger partial charge on any atom is 0.416 e. The summed E-state index contributed by atoms with van der Waals surface area (Å²) >= 11 is 0. The molecule has 0 spiro atoms. The van der Waals surface area contributed by atoms with Crippen LogP contribution in [0.4, 0.5) is 14.0 Å². The smallest absolute Gasteiger partial charge is 0.416 e. The van der Waals surface area contributed by atoms with Crippen LogP contribution in [-0.2, 0) is 0 Å². The molecule has 0 aliphatic carbocycles. The summed E-state index contributed by atoms with van der Waals surface area (Å²) in [7, 11) is 0. The van der Waals surface area contributed by atoms with Crippen LogP contribution in [0.3, 0.4) is 0 Å². The van der Waals surface area contributed by atoms with Gasteiger partial charge in [-0.3, -0.25) is 0 Å². The highest BCUT2D eigenvalue weighted by atomic mass is 19.1. The lowest BCUT2D eigenvalue weighted by molar-refractivity contribution is 0.174. The standard InChI is InChI=1S/C45H50FNO2.CH3NO2/c1-30-20-14-15-24-37(30)41(45(8,9)10)42(34-21-12-11-13-22-34)47(43(48)49)32(3)29-35(46)28-31(2)36-23-16-18-26-39(36)40-27-19-17-25-38(40)33(4)44(5,6)7;2-1(3)4/h11-29,31H,4H2,1-3,5-10H3,(H,48,49);2H2,(H,3,4)/b32-29+,35-28-,42-41-;. The Morgan fingerprint density at radius 1 is 0.774 bits per heavy atom. The van der Waals surface area contributed by atoms with Crippen molar-refractivity contribution < 1.29 is 24.2 Å². The van der Waals surface area contributed by atoms with Gasteiger partial charge < -0.3 is 15.9 Å². The van der Waals surface area contributed by atoms with Crippen molar-refractivity contribution in [1.82, 2.24) is 4.90 Å². The molecule has 2 amide bonds. The number of carbonyl (C=O) groups is 2. The van der Waals surface area contributed by atoms with Crippen molar-refractivity contribution in [2.75, 3.05) is 0 Å². The van der Waals surface area contributed by atoms with E-state index >= 15 is 4.39 Å². The lowest BCUT2D eigenvalue weighted by Crippen LogP contribution is -2.29. The molecule has 0 aromatic heterocycles. The predicted molar refractivity (Wildman–Crippen MR) is 218 cm³/mol. The zero-order valence-corrected chi connectivity index (χ0v) is 32.4. The van der Waals surface area contributed by atoms with E-state index in [0.29, 0.717) is 5.70 Å². The van der Waals surface area contributed by atoms with Crippen LogP contribution in [0.15, 0.2) is 133 Å². The molecule has 0 bridgehead atoms. The normalized spacial score (nSPS) is 13.2. The number of carboxylic acid groups (broad SMARTS) is 2. The number of halogens is 1. The van der Waals surface area contributed by atoms with Gasteiger partial charge in [0.05, 0.1) is 5.70 Å². The molecular weight excluding hydrogens is 664 g/mol. The van der Waals surface area contributed by atoms with Crippen LogP contribution in [0, 0.1) is 17.8 Å². The maximum absolute atomic E-state index is 16.1. The predicted octanol–water partition coefficient (Wildman–Crippen LogP) is 12.8. The van der Waals surface area contributed by atoms with Crippen LogP contribution < -0.4 is 5.73 Å². The number of amides is 2. The third-order valence-corrected chi connectivity index (χ3v) is 8.87. The van der Waals surface area contributed by atoms with Gasteiger partial charge in [-0.1, -0.05) is 158 Å². The number of aryl methyl sites for hydroxylation is 1. The SMILES string of the molecule is C=C(c1ccccc1-c1ccccc1C(C)/C=C(F)/C=C(\C)N(C(=O)O)/C(=C(/c1ccccc1C)C(C)(C)C)c1ccccc1)C(C)(C)C.NC(=O)O. The molecule has 1 unspecified atom stereocenters. The van der Waals surface area contributed by atoms with Gasteiger partial charge in [-0.15, -0.1) is 0 Å². The molecule has 4 aromatic carbocycles. The van der Waals surface area contributed by atoms with E-state index < -0.39 is 23.4 Å². The Hall–Kier alpha value is -5.69. The average Bonchev–Trinajstić information content (AvgIpc) is 3.07. The summed E-state index contributed by atoms with van der Waals surface area (Å²) in [4.78, 5) is 23.2. The van der Waals surface area contributed by atoms with Gasteiger partial charge in [-0.2, -0.15) is 0 Å². The highest BCUT2D eigenvalue weighted by Crippen LogP contribution is 2.44. The van der Waals surface area contributed by atoms with Crippen molar-refractivity contribution in [2.24, 2.45) is 16.6 Å². The minimum Gasteiger partial charge on any atom is -0.465 e. The number of hydrogen-bond acceptors (Lipinski definition) is 2. The van der Waals surface area contributed by atoms with Gasteiger partial charge >= 0.3 is 12.2 Å². The van der Waals surface area contributed by atoms with Crippen LogP contribution in [0.5, 0.6) is 0 Å². The van der Waals surface area contributed by atoms with E-state index in [2.05, 4.69) is 72.1 Å². The molecule has 0 saturated heterocycles. The van der Waals surface area contributed by atoms with E-state index in [1.54, 1.807) is 13.0 Å². The number of rotatable bonds is 9. The Kier molecular flexibility index (Phi) is 13.9. The Morgan fingerprint density at radius 3 is 1.79 bits per heavy atom. The first-order valence-corrected chi connectivity index (χ1v) is 17.6. The minimum absolute atomic E-state index is 0.125. The Bertz CT molecular complexity index is 2020. The van der Waals surface area contributed by atoms with Gasteiger partial charge in [0.15, 0.2) is 0 Å². The van der Waals surface area contributed by atoms with Crippen LogP contribution in [0.2, 0.25) is 0 Å². The first-order chi connectivity index (χ1) is 24.7. The largest absolute Gasteiger partial charge is 0.465 e. The molecule has 6 nitrogen and oxygen atoms in total. The average molecular weight is 717 g/mol. The number of allylic oxidation sites excluding steroid dienone is 6. The van der Waals surface area contributed by atoms with E-state index in [0.717, 1.165) is 50.1 Å². The topological polar surface area (TPSA) is 104 Å². The second-order valence-corrected chi connectivity index (χ2v) is 15.1. The van der Waals surface area contributed by atoms with Crippen molar-refractivity contribution in [3.05, 3.63) is 161 Å². The molecule has 0 saturated carbocycles. The van der Waals surface area contributed by atoms with Crippen molar-refractivity contribution in [2.45, 2.75) is 68.2 Å². The maximum atomic E-state index is 16.1. The summed E-state index contributed by atoms with van der Waals surface area (Å²) in [6.45, 7) is 22.7. The highest BCUT2D eigenvalue weighted by Gasteiger charge is 2.31. The van der Waals surface area contributed by atoms with E-state index in [1.807, 2.05) is 98.8 Å². The van der Waals surface area contributed by atoms with Crippen molar-refractivity contribution in [1.29, 1.82) is 0 Å². The summed E-state index contributed by atoms with van der Waals surface area (Å²) in [5.41, 5.74) is 12.9. The number of benzene rings is 4. The molecule has 4 N–H and O–H groups in total. The summed E-state index contributed by atoms with van der Waals surface area (Å²) in [5, 5.41) is 18.0. The van der Waals surface area contributed by atoms with Crippen molar-refractivity contribution >= 4 is 29.0 Å². The monoisotopic (exact) mass is 716 g/mol. The molecule has 0 fully saturated rings. The fourth-order valence-electron chi connectivity index (χ4n) is 6.31. The van der Waals surface area contributed by atoms with Crippen LogP contribution in [0.1, 0.15) is 89.1 Å². The number of nitrogens with two attached hydrogens (primary N) is 1. The fraction of sp³-hybridized carbons (Fsp3) is 0.261. The van der Waals surface area contributed by atoms with E-state index in [-0.39, 0.29) is 17.0 Å².